The summed E-state index contributed by atoms with van der Waals surface area (Å²) in [4.78, 5) is 10.3. The van der Waals surface area contributed by atoms with Gasteiger partial charge in [-0.2, -0.15) is 0 Å². The van der Waals surface area contributed by atoms with Crippen molar-refractivity contribution in [3.05, 3.63) is 0 Å². The molecule has 0 radical (unpaired) electrons. The van der Waals surface area contributed by atoms with Gasteiger partial charge in [0, 0.05) is 0 Å². The van der Waals surface area contributed by atoms with Crippen LogP contribution in [-0.4, -0.2) is 17.5 Å². The number of rotatable bonds is 10. The Kier molecular flexibility index (Phi) is 9.60. The summed E-state index contributed by atoms with van der Waals surface area (Å²) in [6.45, 7) is 6.67. The fraction of sp³-hybridized carbons (Fsp3) is 0.929. The van der Waals surface area contributed by atoms with Gasteiger partial charge in [0.05, 0.1) is 0 Å². The van der Waals surface area contributed by atoms with Crippen LogP contribution in [0.5, 0.6) is 0 Å². The predicted molar refractivity (Wildman–Crippen MR) is 68.4 cm³/mol. The first-order valence-corrected chi connectivity index (χ1v) is 6.73. The number of carbonyl (C=O) groups is 1. The maximum Gasteiger partial charge on any atom is 0.148 e. The fourth-order valence-electron chi connectivity index (χ4n) is 2.10. The van der Waals surface area contributed by atoms with Gasteiger partial charge in [0.15, 0.2) is 0 Å². The molecule has 96 valence electrons. The van der Waals surface area contributed by atoms with E-state index in [2.05, 4.69) is 20.8 Å². The molecule has 0 fully saturated rings. The lowest BCUT2D eigenvalue weighted by Crippen LogP contribution is -2.13. The molecule has 0 aromatic heterocycles. The van der Waals surface area contributed by atoms with Gasteiger partial charge in [0.25, 0.3) is 0 Å². The van der Waals surface area contributed by atoms with E-state index in [0.717, 1.165) is 12.3 Å². The number of hydrogen-bond acceptors (Lipinski definition) is 2. The molecule has 3 unspecified atom stereocenters. The summed E-state index contributed by atoms with van der Waals surface area (Å²) in [5, 5.41) is 9.18. The minimum atomic E-state index is -0.757. The van der Waals surface area contributed by atoms with Crippen LogP contribution in [0.1, 0.15) is 65.7 Å². The van der Waals surface area contributed by atoms with Gasteiger partial charge >= 0.3 is 0 Å². The highest BCUT2D eigenvalue weighted by Crippen LogP contribution is 2.19. The summed E-state index contributed by atoms with van der Waals surface area (Å²) < 4.78 is 0. The van der Waals surface area contributed by atoms with Gasteiger partial charge in [-0.3, -0.25) is 0 Å². The molecule has 0 bridgehead atoms. The Morgan fingerprint density at radius 3 is 2.19 bits per heavy atom. The van der Waals surface area contributed by atoms with Crippen molar-refractivity contribution in [3.8, 4) is 0 Å². The average molecular weight is 228 g/mol. The Balaban J connectivity index is 3.45. The Labute approximate surface area is 100 Å². The van der Waals surface area contributed by atoms with E-state index in [1.54, 1.807) is 0 Å². The van der Waals surface area contributed by atoms with Crippen LogP contribution in [0, 0.1) is 11.8 Å². The monoisotopic (exact) mass is 228 g/mol. The van der Waals surface area contributed by atoms with Crippen LogP contribution in [0.15, 0.2) is 0 Å². The Hall–Kier alpha value is -0.370. The van der Waals surface area contributed by atoms with Crippen LogP contribution < -0.4 is 0 Å². The molecule has 0 spiro atoms. The molecule has 0 aliphatic rings. The first kappa shape index (κ1) is 15.6. The summed E-state index contributed by atoms with van der Waals surface area (Å²) in [6, 6.07) is 0. The SMILES string of the molecule is CCCCC(C)CCCC(C)CC(O)C=O. The number of aldehydes is 1. The molecule has 0 rings (SSSR count). The quantitative estimate of drug-likeness (QED) is 0.580. The molecule has 0 heterocycles. The second kappa shape index (κ2) is 9.83. The minimum absolute atomic E-state index is 0.457. The molecule has 0 amide bonds. The molecule has 1 N–H and O–H groups in total. The van der Waals surface area contributed by atoms with E-state index in [9.17, 15) is 9.90 Å². The number of aliphatic hydroxyl groups excluding tert-OH is 1. The molecule has 0 aliphatic heterocycles. The van der Waals surface area contributed by atoms with E-state index >= 15 is 0 Å². The molecule has 0 saturated carbocycles. The maximum absolute atomic E-state index is 10.3. The van der Waals surface area contributed by atoms with Crippen LogP contribution in [0.3, 0.4) is 0 Å². The smallest absolute Gasteiger partial charge is 0.148 e. The van der Waals surface area contributed by atoms with Crippen LogP contribution >= 0.6 is 0 Å². The van der Waals surface area contributed by atoms with Gasteiger partial charge in [-0.25, -0.2) is 0 Å². The largest absolute Gasteiger partial charge is 0.386 e. The zero-order chi connectivity index (χ0) is 12.4. The Bertz CT molecular complexity index is 168. The Morgan fingerprint density at radius 2 is 1.62 bits per heavy atom. The summed E-state index contributed by atoms with van der Waals surface area (Å²) in [7, 11) is 0. The normalized spacial score (nSPS) is 16.8. The molecular weight excluding hydrogens is 200 g/mol. The van der Waals surface area contributed by atoms with Crippen molar-refractivity contribution >= 4 is 6.29 Å². The van der Waals surface area contributed by atoms with E-state index in [1.165, 1.54) is 32.1 Å². The fourth-order valence-corrected chi connectivity index (χ4v) is 2.10. The van der Waals surface area contributed by atoms with Crippen LogP contribution in [0.4, 0.5) is 0 Å². The molecule has 3 atom stereocenters. The van der Waals surface area contributed by atoms with Crippen molar-refractivity contribution < 1.29 is 9.90 Å². The van der Waals surface area contributed by atoms with Gasteiger partial charge in [-0.1, -0.05) is 59.3 Å². The van der Waals surface area contributed by atoms with Crippen molar-refractivity contribution in [1.29, 1.82) is 0 Å². The van der Waals surface area contributed by atoms with E-state index in [4.69, 9.17) is 0 Å². The highest BCUT2D eigenvalue weighted by Gasteiger charge is 2.09. The van der Waals surface area contributed by atoms with Gasteiger partial charge in [-0.05, 0) is 18.3 Å². The lowest BCUT2D eigenvalue weighted by Gasteiger charge is -2.14. The average Bonchev–Trinajstić information content (AvgIpc) is 2.26. The summed E-state index contributed by atoms with van der Waals surface area (Å²) in [6.07, 6.45) is 8.08. The molecule has 0 aromatic rings. The molecule has 2 heteroatoms. The second-order valence-electron chi connectivity index (χ2n) is 5.22. The van der Waals surface area contributed by atoms with Crippen molar-refractivity contribution in [2.75, 3.05) is 0 Å². The highest BCUT2D eigenvalue weighted by molar-refractivity contribution is 5.55. The number of unbranched alkanes of at least 4 members (excludes halogenated alkanes) is 1. The summed E-state index contributed by atoms with van der Waals surface area (Å²) in [5.74, 6) is 1.28. The van der Waals surface area contributed by atoms with E-state index < -0.39 is 6.10 Å². The van der Waals surface area contributed by atoms with Crippen molar-refractivity contribution in [3.63, 3.8) is 0 Å². The highest BCUT2D eigenvalue weighted by atomic mass is 16.3. The third-order valence-electron chi connectivity index (χ3n) is 3.25. The van der Waals surface area contributed by atoms with Gasteiger partial charge in [0.2, 0.25) is 0 Å². The van der Waals surface area contributed by atoms with Gasteiger partial charge in [-0.15, -0.1) is 0 Å². The minimum Gasteiger partial charge on any atom is -0.386 e. The van der Waals surface area contributed by atoms with Crippen LogP contribution in [-0.2, 0) is 4.79 Å². The topological polar surface area (TPSA) is 37.3 Å². The van der Waals surface area contributed by atoms with Gasteiger partial charge in [0.1, 0.15) is 12.4 Å². The van der Waals surface area contributed by atoms with Gasteiger partial charge < -0.3 is 9.90 Å². The number of carbonyl (C=O) groups excluding carboxylic acids is 1. The van der Waals surface area contributed by atoms with Crippen molar-refractivity contribution in [2.24, 2.45) is 11.8 Å². The molecule has 16 heavy (non-hydrogen) atoms. The number of hydrogen-bond donors (Lipinski definition) is 1. The first-order chi connectivity index (χ1) is 7.60. The lowest BCUT2D eigenvalue weighted by atomic mass is 9.93. The zero-order valence-electron chi connectivity index (χ0n) is 11.1. The Morgan fingerprint density at radius 1 is 1.06 bits per heavy atom. The molecule has 0 aliphatic carbocycles. The van der Waals surface area contributed by atoms with Crippen molar-refractivity contribution in [1.82, 2.24) is 0 Å². The van der Waals surface area contributed by atoms with Crippen LogP contribution in [0.25, 0.3) is 0 Å². The van der Waals surface area contributed by atoms with E-state index in [0.29, 0.717) is 18.6 Å². The number of aliphatic hydroxyl groups is 1. The van der Waals surface area contributed by atoms with E-state index in [-0.39, 0.29) is 0 Å². The lowest BCUT2D eigenvalue weighted by molar-refractivity contribution is -0.115. The standard InChI is InChI=1S/C14H28O2/c1-4-5-7-12(2)8-6-9-13(3)10-14(16)11-15/h11-14,16H,4-10H2,1-3H3. The molecule has 0 aromatic carbocycles. The predicted octanol–water partition coefficient (Wildman–Crippen LogP) is 3.57. The third-order valence-corrected chi connectivity index (χ3v) is 3.25. The first-order valence-electron chi connectivity index (χ1n) is 6.73. The molecule has 2 nitrogen and oxygen atoms in total. The summed E-state index contributed by atoms with van der Waals surface area (Å²) in [5.41, 5.74) is 0. The zero-order valence-corrected chi connectivity index (χ0v) is 11.1. The second-order valence-corrected chi connectivity index (χ2v) is 5.22. The molecular formula is C14H28O2. The van der Waals surface area contributed by atoms with Crippen LogP contribution in [0.2, 0.25) is 0 Å². The van der Waals surface area contributed by atoms with E-state index in [1.807, 2.05) is 0 Å². The maximum atomic E-state index is 10.3. The summed E-state index contributed by atoms with van der Waals surface area (Å²) >= 11 is 0. The van der Waals surface area contributed by atoms with Crippen molar-refractivity contribution in [2.45, 2.75) is 71.8 Å². The molecule has 0 saturated heterocycles. The third kappa shape index (κ3) is 8.90.